The first-order valence-corrected chi connectivity index (χ1v) is 4.01. The summed E-state index contributed by atoms with van der Waals surface area (Å²) in [4.78, 5) is 0. The summed E-state index contributed by atoms with van der Waals surface area (Å²) in [6.45, 7) is 5.48. The lowest BCUT2D eigenvalue weighted by Gasteiger charge is -2.09. The second-order valence-corrected chi connectivity index (χ2v) is 2.90. The van der Waals surface area contributed by atoms with E-state index in [4.69, 9.17) is 0 Å². The van der Waals surface area contributed by atoms with Crippen LogP contribution in [-0.2, 0) is 6.42 Å². The predicted molar refractivity (Wildman–Crippen MR) is 47.5 cm³/mol. The van der Waals surface area contributed by atoms with E-state index in [0.717, 1.165) is 17.5 Å². The van der Waals surface area contributed by atoms with Crippen molar-refractivity contribution in [3.05, 3.63) is 22.8 Å². The van der Waals surface area contributed by atoms with Crippen LogP contribution >= 0.6 is 0 Å². The van der Waals surface area contributed by atoms with Gasteiger partial charge < -0.3 is 10.2 Å². The molecule has 65 valence electrons. The molecule has 0 atom stereocenters. The van der Waals surface area contributed by atoms with Crippen LogP contribution in [0.4, 0.5) is 0 Å². The van der Waals surface area contributed by atoms with Gasteiger partial charge >= 0.3 is 0 Å². The predicted octanol–water partition coefficient (Wildman–Crippen LogP) is 2.08. The quantitative estimate of drug-likeness (QED) is 0.668. The van der Waals surface area contributed by atoms with Gasteiger partial charge in [-0.1, -0.05) is 6.92 Å². The molecule has 0 fully saturated rings. The van der Waals surface area contributed by atoms with E-state index in [-0.39, 0.29) is 11.5 Å². The summed E-state index contributed by atoms with van der Waals surface area (Å²) in [5.41, 5.74) is 2.20. The lowest BCUT2D eigenvalue weighted by atomic mass is 10.0. The Hall–Kier alpha value is -1.18. The summed E-state index contributed by atoms with van der Waals surface area (Å²) in [5, 5.41) is 18.9. The molecule has 2 N–H and O–H groups in total. The Morgan fingerprint density at radius 3 is 2.33 bits per heavy atom. The van der Waals surface area contributed by atoms with Gasteiger partial charge in [0, 0.05) is 11.6 Å². The Morgan fingerprint density at radius 1 is 1.25 bits per heavy atom. The maximum atomic E-state index is 9.58. The van der Waals surface area contributed by atoms with Crippen LogP contribution in [-0.4, -0.2) is 10.2 Å². The van der Waals surface area contributed by atoms with Crippen molar-refractivity contribution in [2.24, 2.45) is 0 Å². The molecule has 1 rings (SSSR count). The lowest BCUT2D eigenvalue weighted by molar-refractivity contribution is 0.437. The minimum Gasteiger partial charge on any atom is -0.507 e. The summed E-state index contributed by atoms with van der Waals surface area (Å²) < 4.78 is 0. The van der Waals surface area contributed by atoms with E-state index in [2.05, 4.69) is 6.07 Å². The summed E-state index contributed by atoms with van der Waals surface area (Å²) in [7, 11) is 0. The van der Waals surface area contributed by atoms with E-state index in [1.165, 1.54) is 0 Å². The fraction of sp³-hybridized carbons (Fsp3) is 0.400. The van der Waals surface area contributed by atoms with Gasteiger partial charge in [0.15, 0.2) is 0 Å². The van der Waals surface area contributed by atoms with Crippen LogP contribution in [0.3, 0.4) is 0 Å². The summed E-state index contributed by atoms with van der Waals surface area (Å²) in [5.74, 6) is 0.244. The molecule has 0 amide bonds. The smallest absolute Gasteiger partial charge is 0.130 e. The van der Waals surface area contributed by atoms with E-state index in [1.807, 2.05) is 13.8 Å². The molecule has 0 aliphatic carbocycles. The number of aryl methyl sites for hydroxylation is 1. The van der Waals surface area contributed by atoms with Crippen molar-refractivity contribution in [3.63, 3.8) is 0 Å². The summed E-state index contributed by atoms with van der Waals surface area (Å²) >= 11 is 0. The first-order chi connectivity index (χ1) is 5.57. The van der Waals surface area contributed by atoms with Gasteiger partial charge in [-0.25, -0.2) is 0 Å². The van der Waals surface area contributed by atoms with E-state index in [0.29, 0.717) is 5.56 Å². The molecule has 12 heavy (non-hydrogen) atoms. The van der Waals surface area contributed by atoms with Crippen molar-refractivity contribution >= 4 is 0 Å². The monoisotopic (exact) mass is 165 g/mol. The topological polar surface area (TPSA) is 40.5 Å². The molecule has 2 heteroatoms. The lowest BCUT2D eigenvalue weighted by Crippen LogP contribution is -1.90. The first-order valence-electron chi connectivity index (χ1n) is 4.01. The second-order valence-electron chi connectivity index (χ2n) is 2.90. The van der Waals surface area contributed by atoms with Gasteiger partial charge in [0.2, 0.25) is 0 Å². The molecule has 0 bridgehead atoms. The molecular weight excluding hydrogens is 152 g/mol. The molecule has 0 aromatic heterocycles. The zero-order valence-electron chi connectivity index (χ0n) is 7.60. The second kappa shape index (κ2) is 3.05. The molecule has 0 heterocycles. The van der Waals surface area contributed by atoms with E-state index < -0.39 is 0 Å². The third-order valence-corrected chi connectivity index (χ3v) is 2.11. The van der Waals surface area contributed by atoms with Crippen molar-refractivity contribution in [1.29, 1.82) is 0 Å². The average molecular weight is 165 g/mol. The number of phenols is 2. The third kappa shape index (κ3) is 1.24. The Labute approximate surface area is 72.5 Å². The average Bonchev–Trinajstić information content (AvgIpc) is 2.01. The van der Waals surface area contributed by atoms with Gasteiger partial charge in [-0.2, -0.15) is 0 Å². The largest absolute Gasteiger partial charge is 0.507 e. The van der Waals surface area contributed by atoms with Crippen LogP contribution in [0.1, 0.15) is 23.6 Å². The maximum absolute atomic E-state index is 9.58. The molecule has 0 unspecified atom stereocenters. The molecule has 1 radical (unpaired) electrons. The Morgan fingerprint density at radius 2 is 1.83 bits per heavy atom. The molecule has 0 saturated heterocycles. The van der Waals surface area contributed by atoms with Crippen LogP contribution in [0.2, 0.25) is 0 Å². The van der Waals surface area contributed by atoms with Crippen LogP contribution < -0.4 is 0 Å². The normalized spacial score (nSPS) is 10.2. The number of hydrogen-bond donors (Lipinski definition) is 2. The van der Waals surface area contributed by atoms with Gasteiger partial charge in [-0.15, -0.1) is 0 Å². The highest BCUT2D eigenvalue weighted by molar-refractivity contribution is 5.50. The van der Waals surface area contributed by atoms with Crippen molar-refractivity contribution in [2.75, 3.05) is 0 Å². The van der Waals surface area contributed by atoms with Crippen molar-refractivity contribution in [2.45, 2.75) is 27.2 Å². The van der Waals surface area contributed by atoms with Gasteiger partial charge in [0.1, 0.15) is 11.5 Å². The standard InChI is InChI=1S/C10H13O2/c1-4-8-6(2)5-9(11)7(3)10(8)12/h11-12H,4H2,1-3H3. The Bertz CT molecular complexity index is 303. The summed E-state index contributed by atoms with van der Waals surface area (Å²) in [6.07, 6.45) is 0.759. The zero-order chi connectivity index (χ0) is 9.30. The maximum Gasteiger partial charge on any atom is 0.130 e. The molecular formula is C10H13O2. The number of hydrogen-bond acceptors (Lipinski definition) is 2. The van der Waals surface area contributed by atoms with Crippen LogP contribution in [0.15, 0.2) is 0 Å². The SMILES string of the molecule is CCc1c(C)[c]c(O)c(C)c1O. The summed E-state index contributed by atoms with van der Waals surface area (Å²) in [6, 6.07) is 2.79. The van der Waals surface area contributed by atoms with Crippen LogP contribution in [0.25, 0.3) is 0 Å². The Kier molecular flexibility index (Phi) is 2.27. The molecule has 0 saturated carbocycles. The highest BCUT2D eigenvalue weighted by atomic mass is 16.3. The fourth-order valence-electron chi connectivity index (χ4n) is 1.30. The Balaban J connectivity index is 3.40. The number of benzene rings is 1. The third-order valence-electron chi connectivity index (χ3n) is 2.11. The number of phenolic OH excluding ortho intramolecular Hbond substituents is 2. The number of aromatic hydroxyl groups is 2. The minimum atomic E-state index is 0.0437. The fourth-order valence-corrected chi connectivity index (χ4v) is 1.30. The molecule has 0 aliphatic heterocycles. The van der Waals surface area contributed by atoms with E-state index in [1.54, 1.807) is 6.92 Å². The van der Waals surface area contributed by atoms with Crippen LogP contribution in [0.5, 0.6) is 11.5 Å². The molecule has 0 spiro atoms. The molecule has 1 aromatic carbocycles. The van der Waals surface area contributed by atoms with Gasteiger partial charge in [0.25, 0.3) is 0 Å². The van der Waals surface area contributed by atoms with Gasteiger partial charge in [-0.05, 0) is 31.4 Å². The van der Waals surface area contributed by atoms with Crippen molar-refractivity contribution in [1.82, 2.24) is 0 Å². The minimum absolute atomic E-state index is 0.0437. The molecule has 1 aromatic rings. The van der Waals surface area contributed by atoms with E-state index in [9.17, 15) is 10.2 Å². The van der Waals surface area contributed by atoms with Crippen LogP contribution in [0, 0.1) is 19.9 Å². The molecule has 0 aliphatic rings. The highest BCUT2D eigenvalue weighted by Gasteiger charge is 2.10. The van der Waals surface area contributed by atoms with Gasteiger partial charge in [0.05, 0.1) is 0 Å². The molecule has 2 nitrogen and oxygen atoms in total. The van der Waals surface area contributed by atoms with Crippen molar-refractivity contribution < 1.29 is 10.2 Å². The number of rotatable bonds is 1. The van der Waals surface area contributed by atoms with E-state index >= 15 is 0 Å². The zero-order valence-corrected chi connectivity index (χ0v) is 7.60. The van der Waals surface area contributed by atoms with Gasteiger partial charge in [-0.3, -0.25) is 0 Å². The first kappa shape index (κ1) is 8.91. The van der Waals surface area contributed by atoms with Crippen molar-refractivity contribution in [3.8, 4) is 11.5 Å². The highest BCUT2D eigenvalue weighted by Crippen LogP contribution is 2.31.